The monoisotopic (exact) mass is 524 g/mol. The van der Waals surface area contributed by atoms with E-state index >= 15 is 0 Å². The number of nitrogens with one attached hydrogen (secondary N) is 1. The van der Waals surface area contributed by atoms with Gasteiger partial charge in [0.1, 0.15) is 23.3 Å². The van der Waals surface area contributed by atoms with E-state index in [4.69, 9.17) is 9.47 Å². The Balaban J connectivity index is 0.000000278. The van der Waals surface area contributed by atoms with Crippen LogP contribution < -0.4 is 10.1 Å². The smallest absolute Gasteiger partial charge is 0.245 e. The molecule has 2 aliphatic rings. The Morgan fingerprint density at radius 1 is 1.06 bits per heavy atom. The van der Waals surface area contributed by atoms with Crippen LogP contribution in [0.2, 0.25) is 0 Å². The van der Waals surface area contributed by atoms with Crippen LogP contribution in [0.3, 0.4) is 0 Å². The molecule has 0 bridgehead atoms. The van der Waals surface area contributed by atoms with Gasteiger partial charge in [-0.05, 0) is 75.9 Å². The normalized spacial score (nSPS) is 16.6. The van der Waals surface area contributed by atoms with Crippen molar-refractivity contribution < 1.29 is 23.3 Å². The highest BCUT2D eigenvalue weighted by Gasteiger charge is 2.19. The van der Waals surface area contributed by atoms with Crippen LogP contribution in [0.5, 0.6) is 5.75 Å². The van der Waals surface area contributed by atoms with Crippen LogP contribution in [0, 0.1) is 13.8 Å². The molecule has 1 aromatic carbocycles. The lowest BCUT2D eigenvalue weighted by molar-refractivity contribution is -0.130. The topological polar surface area (TPSA) is 91.4 Å². The molecule has 1 unspecified atom stereocenters. The van der Waals surface area contributed by atoms with Gasteiger partial charge in [0.05, 0.1) is 18.6 Å². The van der Waals surface area contributed by atoms with Crippen molar-refractivity contribution in [2.45, 2.75) is 50.8 Å². The number of hydrogen-bond donors (Lipinski definition) is 1. The second kappa shape index (κ2) is 16.0. The lowest BCUT2D eigenvalue weighted by Crippen LogP contribution is -2.31. The molecule has 0 aliphatic carbocycles. The number of benzene rings is 1. The fourth-order valence-electron chi connectivity index (χ4n) is 4.36. The molecule has 2 heterocycles. The summed E-state index contributed by atoms with van der Waals surface area (Å²) in [6.07, 6.45) is 5.78. The van der Waals surface area contributed by atoms with Crippen molar-refractivity contribution in [3.63, 3.8) is 0 Å². The van der Waals surface area contributed by atoms with E-state index in [1.54, 1.807) is 25.5 Å². The highest BCUT2D eigenvalue weighted by Crippen LogP contribution is 2.25. The van der Waals surface area contributed by atoms with E-state index in [0.717, 1.165) is 47.8 Å². The zero-order chi connectivity index (χ0) is 26.5. The number of amides is 2. The highest BCUT2D eigenvalue weighted by molar-refractivity contribution is 7.82. The van der Waals surface area contributed by atoms with Crippen molar-refractivity contribution in [3.05, 3.63) is 23.3 Å². The minimum absolute atomic E-state index is 0.0115. The number of likely N-dealkylation sites (N-methyl/N-ethyl adjacent to an activating group) is 2. The van der Waals surface area contributed by atoms with Crippen LogP contribution in [-0.2, 0) is 25.3 Å². The van der Waals surface area contributed by atoms with Gasteiger partial charge in [-0.1, -0.05) is 0 Å². The van der Waals surface area contributed by atoms with Crippen LogP contribution in [0.15, 0.2) is 17.0 Å². The number of hydrogen-bond acceptors (Lipinski definition) is 6. The zero-order valence-electron chi connectivity index (χ0n) is 22.6. The average molecular weight is 525 g/mol. The minimum atomic E-state index is -1.28. The maximum Gasteiger partial charge on any atom is 0.245 e. The maximum absolute atomic E-state index is 12.6. The maximum atomic E-state index is 12.6. The van der Waals surface area contributed by atoms with Crippen molar-refractivity contribution in [1.82, 2.24) is 19.4 Å². The Hall–Kier alpha value is -2.01. The first kappa shape index (κ1) is 30.2. The summed E-state index contributed by atoms with van der Waals surface area (Å²) in [4.78, 5) is 28.0. The van der Waals surface area contributed by atoms with Crippen molar-refractivity contribution >= 4 is 22.8 Å². The molecule has 0 aromatic heterocycles. The van der Waals surface area contributed by atoms with Gasteiger partial charge in [-0.2, -0.15) is 0 Å². The fraction of sp³-hybridized carbons (Fsp3) is 0.692. The van der Waals surface area contributed by atoms with Crippen LogP contribution in [0.4, 0.5) is 0 Å². The lowest BCUT2D eigenvalue weighted by Gasteiger charge is -2.19. The molecule has 36 heavy (non-hydrogen) atoms. The van der Waals surface area contributed by atoms with E-state index in [2.05, 4.69) is 10.2 Å². The van der Waals surface area contributed by atoms with Gasteiger partial charge in [0.25, 0.3) is 0 Å². The first-order valence-electron chi connectivity index (χ1n) is 12.8. The molecule has 0 spiro atoms. The van der Waals surface area contributed by atoms with Gasteiger partial charge in [0, 0.05) is 46.7 Å². The molecule has 0 saturated carbocycles. The van der Waals surface area contributed by atoms with E-state index in [-0.39, 0.29) is 12.5 Å². The number of nitrogens with zero attached hydrogens (tertiary/aromatic N) is 3. The Labute approximate surface area is 219 Å². The molecule has 10 heteroatoms. The summed E-state index contributed by atoms with van der Waals surface area (Å²) in [6, 6.07) is 3.74. The predicted molar refractivity (Wildman–Crippen MR) is 142 cm³/mol. The summed E-state index contributed by atoms with van der Waals surface area (Å²) in [5, 5.41) is 2.48. The van der Waals surface area contributed by atoms with Crippen LogP contribution >= 0.6 is 0 Å². The van der Waals surface area contributed by atoms with E-state index in [1.165, 1.54) is 38.8 Å². The Kier molecular flexibility index (Phi) is 13.4. The molecule has 2 saturated heterocycles. The SMILES string of the molecule is CNC(=O)COCCN(C)S(=O)c1c(C)cc(OC)cc1C.O=C(CCN1CCCC1)N1CCCC1. The molecule has 1 N–H and O–H groups in total. The second-order valence-electron chi connectivity index (χ2n) is 9.30. The molecular formula is C26H44N4O5S. The summed E-state index contributed by atoms with van der Waals surface area (Å²) in [5.74, 6) is 0.951. The summed E-state index contributed by atoms with van der Waals surface area (Å²) >= 11 is 0. The van der Waals surface area contributed by atoms with Gasteiger partial charge in [-0.25, -0.2) is 8.51 Å². The summed E-state index contributed by atoms with van der Waals surface area (Å²) in [6.45, 7) is 10.0. The minimum Gasteiger partial charge on any atom is -0.497 e. The molecule has 204 valence electrons. The number of carbonyl (C=O) groups excluding carboxylic acids is 2. The molecular weight excluding hydrogens is 480 g/mol. The molecule has 3 rings (SSSR count). The number of ether oxygens (including phenoxy) is 2. The van der Waals surface area contributed by atoms with Crippen molar-refractivity contribution in [2.24, 2.45) is 0 Å². The number of methoxy groups -OCH3 is 1. The van der Waals surface area contributed by atoms with Gasteiger partial charge < -0.3 is 24.6 Å². The number of rotatable bonds is 11. The van der Waals surface area contributed by atoms with Gasteiger partial charge in [0.15, 0.2) is 0 Å². The van der Waals surface area contributed by atoms with Gasteiger partial charge in [-0.3, -0.25) is 9.59 Å². The average Bonchev–Trinajstić information content (AvgIpc) is 3.59. The van der Waals surface area contributed by atoms with Crippen molar-refractivity contribution in [1.29, 1.82) is 0 Å². The fourth-order valence-corrected chi connectivity index (χ4v) is 5.58. The quantitative estimate of drug-likeness (QED) is 0.446. The first-order chi connectivity index (χ1) is 17.3. The van der Waals surface area contributed by atoms with Crippen LogP contribution in [0.25, 0.3) is 0 Å². The van der Waals surface area contributed by atoms with Crippen molar-refractivity contribution in [2.75, 3.05) is 73.7 Å². The third kappa shape index (κ3) is 9.80. The van der Waals surface area contributed by atoms with E-state index in [1.807, 2.05) is 30.9 Å². The summed E-state index contributed by atoms with van der Waals surface area (Å²) in [7, 11) is 3.66. The van der Waals surface area contributed by atoms with Gasteiger partial charge in [-0.15, -0.1) is 0 Å². The number of likely N-dealkylation sites (tertiary alicyclic amines) is 2. The van der Waals surface area contributed by atoms with Crippen LogP contribution in [0.1, 0.15) is 43.2 Å². The third-order valence-electron chi connectivity index (χ3n) is 6.49. The van der Waals surface area contributed by atoms with E-state index in [0.29, 0.717) is 19.1 Å². The summed E-state index contributed by atoms with van der Waals surface area (Å²) in [5.41, 5.74) is 1.85. The highest BCUT2D eigenvalue weighted by atomic mass is 32.2. The molecule has 2 fully saturated rings. The van der Waals surface area contributed by atoms with Crippen LogP contribution in [-0.4, -0.2) is 104 Å². The second-order valence-corrected chi connectivity index (χ2v) is 10.8. The standard InChI is InChI=1S/C15H24N2O4S.C11H20N2O/c1-11-8-13(20-5)9-12(2)15(11)22(19)17(4)6-7-21-10-14(18)16-3;14-11(13-8-3-4-9-13)5-10-12-6-1-2-7-12/h8-9H,6-7,10H2,1-5H3,(H,16,18);1-10H2. The number of carbonyl (C=O) groups is 2. The molecule has 1 atom stereocenters. The third-order valence-corrected chi connectivity index (χ3v) is 8.23. The molecule has 1 aromatic rings. The van der Waals surface area contributed by atoms with Gasteiger partial charge in [0.2, 0.25) is 11.8 Å². The molecule has 0 radical (unpaired) electrons. The molecule has 2 aliphatic heterocycles. The first-order valence-corrected chi connectivity index (χ1v) is 13.9. The molecule has 9 nitrogen and oxygen atoms in total. The zero-order valence-corrected chi connectivity index (χ0v) is 23.5. The lowest BCUT2D eigenvalue weighted by atomic mass is 10.1. The summed E-state index contributed by atoms with van der Waals surface area (Å²) < 4.78 is 24.8. The Morgan fingerprint density at radius 3 is 2.19 bits per heavy atom. The largest absolute Gasteiger partial charge is 0.497 e. The van der Waals surface area contributed by atoms with E-state index < -0.39 is 11.0 Å². The Bertz CT molecular complexity index is 847. The predicted octanol–water partition coefficient (Wildman–Crippen LogP) is 2.12. The Morgan fingerprint density at radius 2 is 1.64 bits per heavy atom. The molecule has 2 amide bonds. The van der Waals surface area contributed by atoms with Gasteiger partial charge >= 0.3 is 0 Å². The number of aryl methyl sites for hydroxylation is 2. The van der Waals surface area contributed by atoms with E-state index in [9.17, 15) is 13.8 Å². The van der Waals surface area contributed by atoms with Crippen molar-refractivity contribution in [3.8, 4) is 5.75 Å².